The van der Waals surface area contributed by atoms with Crippen LogP contribution in [0.15, 0.2) is 12.1 Å². The molecule has 2 atom stereocenters. The van der Waals surface area contributed by atoms with Crippen molar-refractivity contribution in [1.82, 2.24) is 0 Å². The molecule has 0 aliphatic carbocycles. The number of benzene rings is 1. The van der Waals surface area contributed by atoms with Gasteiger partial charge in [0, 0.05) is 24.3 Å². The number of anilines is 1. The third kappa shape index (κ3) is 3.97. The van der Waals surface area contributed by atoms with Crippen molar-refractivity contribution in [1.29, 1.82) is 0 Å². The number of nitrogens with zero attached hydrogens (tertiary/aromatic N) is 1. The topological polar surface area (TPSA) is 23.5 Å². The largest absolute Gasteiger partial charge is 0.389 e. The van der Waals surface area contributed by atoms with Gasteiger partial charge in [0.25, 0.3) is 0 Å². The van der Waals surface area contributed by atoms with Gasteiger partial charge in [0.05, 0.1) is 6.10 Å². The molecule has 0 bridgehead atoms. The fraction of sp³-hybridized carbons (Fsp3) is 0.667. The van der Waals surface area contributed by atoms with Gasteiger partial charge in [-0.05, 0) is 56.7 Å². The second kappa shape index (κ2) is 7.26. The predicted molar refractivity (Wildman–Crippen MR) is 86.2 cm³/mol. The Morgan fingerprint density at radius 2 is 2.10 bits per heavy atom. The molecule has 2 nitrogen and oxygen atoms in total. The van der Waals surface area contributed by atoms with Crippen LogP contribution in [-0.2, 0) is 0 Å². The maximum Gasteiger partial charge on any atom is 0.126 e. The summed E-state index contributed by atoms with van der Waals surface area (Å²) in [5.74, 6) is 0.588. The van der Waals surface area contributed by atoms with Gasteiger partial charge in [-0.2, -0.15) is 0 Å². The number of hydrogen-bond acceptors (Lipinski definition) is 2. The van der Waals surface area contributed by atoms with Gasteiger partial charge in [-0.15, -0.1) is 0 Å². The van der Waals surface area contributed by atoms with Crippen LogP contribution in [0.3, 0.4) is 0 Å². The normalized spacial score (nSPS) is 21.2. The average Bonchev–Trinajstić information content (AvgIpc) is 2.67. The fourth-order valence-corrected chi connectivity index (χ4v) is 3.39. The molecule has 1 fully saturated rings. The predicted octanol–water partition coefficient (Wildman–Crippen LogP) is 4.59. The Morgan fingerprint density at radius 1 is 1.33 bits per heavy atom. The van der Waals surface area contributed by atoms with Crippen molar-refractivity contribution in [2.45, 2.75) is 59.0 Å². The number of rotatable bonds is 4. The highest BCUT2D eigenvalue weighted by Gasteiger charge is 2.21. The SMILES string of the molecule is CCCC1CCCN(c2cc(C)c(F)cc2[C@H](C)O)CC1. The molecule has 0 amide bonds. The summed E-state index contributed by atoms with van der Waals surface area (Å²) in [6.45, 7) is 7.77. The molecule has 1 aromatic carbocycles. The molecule has 0 aromatic heterocycles. The van der Waals surface area contributed by atoms with E-state index in [2.05, 4.69) is 11.8 Å². The van der Waals surface area contributed by atoms with Crippen molar-refractivity contribution in [3.05, 3.63) is 29.1 Å². The van der Waals surface area contributed by atoms with Crippen LogP contribution >= 0.6 is 0 Å². The first-order valence-electron chi connectivity index (χ1n) is 8.26. The van der Waals surface area contributed by atoms with E-state index in [4.69, 9.17) is 0 Å². The number of hydrogen-bond donors (Lipinski definition) is 1. The third-order valence-electron chi connectivity index (χ3n) is 4.64. The Hall–Kier alpha value is -1.09. The summed E-state index contributed by atoms with van der Waals surface area (Å²) < 4.78 is 13.8. The molecular weight excluding hydrogens is 265 g/mol. The lowest BCUT2D eigenvalue weighted by molar-refractivity contribution is 0.199. The summed E-state index contributed by atoms with van der Waals surface area (Å²) in [6.07, 6.45) is 5.58. The third-order valence-corrected chi connectivity index (χ3v) is 4.64. The van der Waals surface area contributed by atoms with Gasteiger partial charge in [0.2, 0.25) is 0 Å². The minimum Gasteiger partial charge on any atom is -0.389 e. The maximum absolute atomic E-state index is 13.8. The molecule has 0 radical (unpaired) electrons. The lowest BCUT2D eigenvalue weighted by Gasteiger charge is -2.27. The molecule has 1 aliphatic rings. The van der Waals surface area contributed by atoms with E-state index in [1.165, 1.54) is 38.2 Å². The Bertz CT molecular complexity index is 473. The molecule has 1 aliphatic heterocycles. The Labute approximate surface area is 128 Å². The van der Waals surface area contributed by atoms with Crippen molar-refractivity contribution < 1.29 is 9.50 Å². The number of halogens is 1. The molecule has 1 saturated heterocycles. The lowest BCUT2D eigenvalue weighted by Crippen LogP contribution is -2.26. The fourth-order valence-electron chi connectivity index (χ4n) is 3.39. The summed E-state index contributed by atoms with van der Waals surface area (Å²) >= 11 is 0. The first kappa shape index (κ1) is 16.3. The van der Waals surface area contributed by atoms with E-state index >= 15 is 0 Å². The minimum atomic E-state index is -0.634. The Kier molecular flexibility index (Phi) is 5.63. The molecule has 118 valence electrons. The van der Waals surface area contributed by atoms with Crippen molar-refractivity contribution >= 4 is 5.69 Å². The number of aryl methyl sites for hydroxylation is 1. The quantitative estimate of drug-likeness (QED) is 0.877. The van der Waals surface area contributed by atoms with Crippen molar-refractivity contribution in [3.8, 4) is 0 Å². The van der Waals surface area contributed by atoms with E-state index in [0.717, 1.165) is 24.7 Å². The van der Waals surface area contributed by atoms with Gasteiger partial charge in [-0.25, -0.2) is 4.39 Å². The molecule has 1 unspecified atom stereocenters. The van der Waals surface area contributed by atoms with Crippen LogP contribution in [-0.4, -0.2) is 18.2 Å². The molecule has 3 heteroatoms. The first-order chi connectivity index (χ1) is 10.0. The van der Waals surface area contributed by atoms with Gasteiger partial charge in [0.1, 0.15) is 5.82 Å². The van der Waals surface area contributed by atoms with E-state index in [0.29, 0.717) is 11.1 Å². The smallest absolute Gasteiger partial charge is 0.126 e. The summed E-state index contributed by atoms with van der Waals surface area (Å²) in [6, 6.07) is 3.40. The van der Waals surface area contributed by atoms with Crippen molar-refractivity contribution in [2.24, 2.45) is 5.92 Å². The van der Waals surface area contributed by atoms with Crippen LogP contribution in [0.5, 0.6) is 0 Å². The van der Waals surface area contributed by atoms with Gasteiger partial charge >= 0.3 is 0 Å². The average molecular weight is 293 g/mol. The van der Waals surface area contributed by atoms with Gasteiger partial charge < -0.3 is 10.0 Å². The monoisotopic (exact) mass is 293 g/mol. The van der Waals surface area contributed by atoms with Crippen LogP contribution < -0.4 is 4.90 Å². The lowest BCUT2D eigenvalue weighted by atomic mass is 9.96. The Morgan fingerprint density at radius 3 is 2.76 bits per heavy atom. The molecule has 1 aromatic rings. The van der Waals surface area contributed by atoms with Gasteiger partial charge in [-0.3, -0.25) is 0 Å². The zero-order chi connectivity index (χ0) is 15.4. The molecular formula is C18H28FNO. The number of aliphatic hydroxyl groups is 1. The van der Waals surface area contributed by atoms with E-state index in [-0.39, 0.29) is 5.82 Å². The number of aliphatic hydroxyl groups excluding tert-OH is 1. The van der Waals surface area contributed by atoms with Gasteiger partial charge in [-0.1, -0.05) is 19.8 Å². The molecule has 2 rings (SSSR count). The molecule has 1 N–H and O–H groups in total. The highest BCUT2D eigenvalue weighted by molar-refractivity contribution is 5.57. The highest BCUT2D eigenvalue weighted by atomic mass is 19.1. The highest BCUT2D eigenvalue weighted by Crippen LogP contribution is 2.32. The van der Waals surface area contributed by atoms with Crippen LogP contribution in [0.2, 0.25) is 0 Å². The van der Waals surface area contributed by atoms with E-state index in [9.17, 15) is 9.50 Å². The van der Waals surface area contributed by atoms with Crippen LogP contribution in [0.1, 0.15) is 63.2 Å². The van der Waals surface area contributed by atoms with Crippen LogP contribution in [0.25, 0.3) is 0 Å². The second-order valence-corrected chi connectivity index (χ2v) is 6.41. The van der Waals surface area contributed by atoms with Crippen LogP contribution in [0, 0.1) is 18.7 Å². The summed E-state index contributed by atoms with van der Waals surface area (Å²) in [4.78, 5) is 2.34. The zero-order valence-electron chi connectivity index (χ0n) is 13.5. The summed E-state index contributed by atoms with van der Waals surface area (Å²) in [5, 5.41) is 9.96. The standard InChI is InChI=1S/C18H28FNO/c1-4-6-15-7-5-9-20(10-8-15)18-11-13(2)17(19)12-16(18)14(3)21/h11-12,14-15,21H,4-10H2,1-3H3/t14-,15?/m0/s1. The second-order valence-electron chi connectivity index (χ2n) is 6.41. The molecule has 0 spiro atoms. The maximum atomic E-state index is 13.8. The summed E-state index contributed by atoms with van der Waals surface area (Å²) in [5.41, 5.74) is 2.39. The molecule has 21 heavy (non-hydrogen) atoms. The zero-order valence-corrected chi connectivity index (χ0v) is 13.5. The minimum absolute atomic E-state index is 0.228. The van der Waals surface area contributed by atoms with Crippen molar-refractivity contribution in [2.75, 3.05) is 18.0 Å². The first-order valence-corrected chi connectivity index (χ1v) is 8.26. The molecule has 0 saturated carbocycles. The van der Waals surface area contributed by atoms with E-state index in [1.807, 2.05) is 6.07 Å². The Balaban J connectivity index is 2.22. The van der Waals surface area contributed by atoms with Gasteiger partial charge in [0.15, 0.2) is 0 Å². The van der Waals surface area contributed by atoms with Crippen LogP contribution in [0.4, 0.5) is 10.1 Å². The van der Waals surface area contributed by atoms with E-state index < -0.39 is 6.10 Å². The summed E-state index contributed by atoms with van der Waals surface area (Å²) in [7, 11) is 0. The van der Waals surface area contributed by atoms with E-state index in [1.54, 1.807) is 13.8 Å². The van der Waals surface area contributed by atoms with Crippen molar-refractivity contribution in [3.63, 3.8) is 0 Å². The molecule has 1 heterocycles.